The van der Waals surface area contributed by atoms with Crippen molar-refractivity contribution in [2.45, 2.75) is 31.3 Å². The molecule has 1 aromatic rings. The highest BCUT2D eigenvalue weighted by molar-refractivity contribution is 8.00. The van der Waals surface area contributed by atoms with E-state index in [9.17, 15) is 10.1 Å². The predicted octanol–water partition coefficient (Wildman–Crippen LogP) is 2.75. The molecule has 1 aliphatic rings. The Balaban J connectivity index is 2.35. The lowest BCUT2D eigenvalue weighted by atomic mass is 10.3. The molecule has 1 saturated heterocycles. The summed E-state index contributed by atoms with van der Waals surface area (Å²) in [6, 6.07) is 3.20. The van der Waals surface area contributed by atoms with Gasteiger partial charge in [0.2, 0.25) is 5.82 Å². The van der Waals surface area contributed by atoms with Gasteiger partial charge < -0.3 is 10.2 Å². The van der Waals surface area contributed by atoms with Crippen LogP contribution in [0.1, 0.15) is 20.8 Å². The summed E-state index contributed by atoms with van der Waals surface area (Å²) in [6.07, 6.45) is 0. The van der Waals surface area contributed by atoms with Gasteiger partial charge in [0.15, 0.2) is 0 Å². The molecular formula is C13H20N4O2S. The zero-order chi connectivity index (χ0) is 14.7. The summed E-state index contributed by atoms with van der Waals surface area (Å²) in [5.74, 6) is 1.17. The van der Waals surface area contributed by atoms with Crippen LogP contribution in [-0.4, -0.2) is 40.0 Å². The van der Waals surface area contributed by atoms with E-state index in [1.165, 1.54) is 6.07 Å². The average molecular weight is 296 g/mol. The summed E-state index contributed by atoms with van der Waals surface area (Å²) in [7, 11) is 0. The Morgan fingerprint density at radius 1 is 1.45 bits per heavy atom. The van der Waals surface area contributed by atoms with Crippen molar-refractivity contribution in [2.75, 3.05) is 29.9 Å². The molecule has 0 bridgehead atoms. The zero-order valence-corrected chi connectivity index (χ0v) is 12.8. The van der Waals surface area contributed by atoms with Crippen molar-refractivity contribution in [1.29, 1.82) is 0 Å². The summed E-state index contributed by atoms with van der Waals surface area (Å²) in [5, 5.41) is 15.2. The molecule has 2 heterocycles. The molecule has 1 aromatic heterocycles. The zero-order valence-electron chi connectivity index (χ0n) is 12.0. The maximum atomic E-state index is 11.2. The Bertz CT molecular complexity index is 487. The molecule has 6 nitrogen and oxygen atoms in total. The Labute approximate surface area is 123 Å². The molecule has 2 unspecified atom stereocenters. The molecule has 0 aliphatic carbocycles. The highest BCUT2D eigenvalue weighted by atomic mass is 32.2. The van der Waals surface area contributed by atoms with E-state index in [-0.39, 0.29) is 10.6 Å². The maximum Gasteiger partial charge on any atom is 0.311 e. The van der Waals surface area contributed by atoms with Crippen LogP contribution < -0.4 is 10.2 Å². The molecule has 0 amide bonds. The summed E-state index contributed by atoms with van der Waals surface area (Å²) < 4.78 is 0. The van der Waals surface area contributed by atoms with E-state index in [2.05, 4.69) is 24.1 Å². The number of nitrogens with one attached hydrogen (secondary N) is 1. The van der Waals surface area contributed by atoms with Crippen LogP contribution in [0, 0.1) is 10.1 Å². The SMILES string of the molecule is CCNc1ccc([N+](=O)[O-])c(N2CC(C)SC(C)C2)n1. The topological polar surface area (TPSA) is 71.3 Å². The Hall–Kier alpha value is -1.50. The fourth-order valence-corrected chi connectivity index (χ4v) is 3.77. The van der Waals surface area contributed by atoms with E-state index >= 15 is 0 Å². The number of nitro groups is 1. The lowest BCUT2D eigenvalue weighted by Gasteiger charge is -2.35. The molecule has 0 spiro atoms. The van der Waals surface area contributed by atoms with Crippen LogP contribution in [0.4, 0.5) is 17.3 Å². The first kappa shape index (κ1) is 14.9. The number of anilines is 2. The van der Waals surface area contributed by atoms with Gasteiger partial charge in [-0.25, -0.2) is 4.98 Å². The first-order valence-corrected chi connectivity index (χ1v) is 7.75. The minimum Gasteiger partial charge on any atom is -0.370 e. The summed E-state index contributed by atoms with van der Waals surface area (Å²) in [6.45, 7) is 8.59. The molecule has 2 atom stereocenters. The molecule has 0 saturated carbocycles. The normalized spacial score (nSPS) is 22.6. The molecule has 0 aromatic carbocycles. The predicted molar refractivity (Wildman–Crippen MR) is 83.8 cm³/mol. The van der Waals surface area contributed by atoms with Crippen LogP contribution in [0.15, 0.2) is 12.1 Å². The first-order valence-electron chi connectivity index (χ1n) is 6.81. The molecule has 1 fully saturated rings. The van der Waals surface area contributed by atoms with E-state index in [0.29, 0.717) is 22.1 Å². The van der Waals surface area contributed by atoms with Crippen LogP contribution in [-0.2, 0) is 0 Å². The van der Waals surface area contributed by atoms with Gasteiger partial charge in [0.05, 0.1) is 4.92 Å². The second-order valence-corrected chi connectivity index (χ2v) is 6.87. The summed E-state index contributed by atoms with van der Waals surface area (Å²) >= 11 is 1.91. The van der Waals surface area contributed by atoms with Gasteiger partial charge in [-0.15, -0.1) is 0 Å². The Morgan fingerprint density at radius 3 is 2.65 bits per heavy atom. The van der Waals surface area contributed by atoms with Gasteiger partial charge in [-0.1, -0.05) is 13.8 Å². The number of rotatable bonds is 4. The quantitative estimate of drug-likeness (QED) is 0.680. The highest BCUT2D eigenvalue weighted by Gasteiger charge is 2.28. The number of pyridine rings is 1. The third-order valence-electron chi connectivity index (χ3n) is 3.13. The van der Waals surface area contributed by atoms with Crippen LogP contribution in [0.2, 0.25) is 0 Å². The van der Waals surface area contributed by atoms with Gasteiger partial charge in [-0.3, -0.25) is 10.1 Å². The largest absolute Gasteiger partial charge is 0.370 e. The number of hydrogen-bond acceptors (Lipinski definition) is 6. The Kier molecular flexibility index (Phi) is 4.69. The minimum atomic E-state index is -0.352. The van der Waals surface area contributed by atoms with E-state index in [1.807, 2.05) is 23.6 Å². The monoisotopic (exact) mass is 296 g/mol. The maximum absolute atomic E-state index is 11.2. The van der Waals surface area contributed by atoms with Gasteiger partial charge in [-0.2, -0.15) is 11.8 Å². The van der Waals surface area contributed by atoms with Gasteiger partial charge in [0.1, 0.15) is 5.82 Å². The molecular weight excluding hydrogens is 276 g/mol. The van der Waals surface area contributed by atoms with Crippen molar-refractivity contribution in [3.8, 4) is 0 Å². The fourth-order valence-electron chi connectivity index (χ4n) is 2.45. The van der Waals surface area contributed by atoms with Crippen molar-refractivity contribution in [3.05, 3.63) is 22.2 Å². The smallest absolute Gasteiger partial charge is 0.311 e. The molecule has 1 aliphatic heterocycles. The molecule has 20 heavy (non-hydrogen) atoms. The van der Waals surface area contributed by atoms with Crippen molar-refractivity contribution < 1.29 is 4.92 Å². The van der Waals surface area contributed by atoms with Crippen LogP contribution in [0.25, 0.3) is 0 Å². The third-order valence-corrected chi connectivity index (χ3v) is 4.36. The van der Waals surface area contributed by atoms with Crippen molar-refractivity contribution >= 4 is 29.1 Å². The van der Waals surface area contributed by atoms with E-state index in [0.717, 1.165) is 19.6 Å². The molecule has 2 rings (SSSR count). The lowest BCUT2D eigenvalue weighted by molar-refractivity contribution is -0.384. The van der Waals surface area contributed by atoms with E-state index in [1.54, 1.807) is 6.07 Å². The summed E-state index contributed by atoms with van der Waals surface area (Å²) in [4.78, 5) is 17.3. The second-order valence-electron chi connectivity index (χ2n) is 4.99. The minimum absolute atomic E-state index is 0.0814. The molecule has 1 N–H and O–H groups in total. The number of nitrogens with zero attached hydrogens (tertiary/aromatic N) is 3. The van der Waals surface area contributed by atoms with Crippen LogP contribution >= 0.6 is 11.8 Å². The van der Waals surface area contributed by atoms with Crippen LogP contribution in [0.5, 0.6) is 0 Å². The first-order chi connectivity index (χ1) is 9.51. The fraction of sp³-hybridized carbons (Fsp3) is 0.615. The number of thioether (sulfide) groups is 1. The van der Waals surface area contributed by atoms with Crippen molar-refractivity contribution in [2.24, 2.45) is 0 Å². The third kappa shape index (κ3) is 3.33. The van der Waals surface area contributed by atoms with E-state index in [4.69, 9.17) is 0 Å². The van der Waals surface area contributed by atoms with Gasteiger partial charge in [0, 0.05) is 36.2 Å². The summed E-state index contributed by atoms with van der Waals surface area (Å²) in [5.41, 5.74) is 0.0814. The van der Waals surface area contributed by atoms with Gasteiger partial charge in [0.25, 0.3) is 0 Å². The molecule has 110 valence electrons. The molecule has 7 heteroatoms. The number of hydrogen-bond donors (Lipinski definition) is 1. The van der Waals surface area contributed by atoms with Crippen molar-refractivity contribution in [1.82, 2.24) is 4.98 Å². The second kappa shape index (κ2) is 6.30. The highest BCUT2D eigenvalue weighted by Crippen LogP contribution is 2.33. The van der Waals surface area contributed by atoms with Gasteiger partial charge >= 0.3 is 5.69 Å². The standard InChI is InChI=1S/C13H20N4O2S/c1-4-14-12-6-5-11(17(18)19)13(15-12)16-7-9(2)20-10(3)8-16/h5-6,9-10H,4,7-8H2,1-3H3,(H,14,15). The number of aromatic nitrogens is 1. The van der Waals surface area contributed by atoms with Gasteiger partial charge in [-0.05, 0) is 13.0 Å². The van der Waals surface area contributed by atoms with E-state index < -0.39 is 0 Å². The van der Waals surface area contributed by atoms with Crippen molar-refractivity contribution in [3.63, 3.8) is 0 Å². The Morgan fingerprint density at radius 2 is 2.10 bits per heavy atom. The average Bonchev–Trinajstić information content (AvgIpc) is 2.37. The van der Waals surface area contributed by atoms with Crippen LogP contribution in [0.3, 0.4) is 0 Å². The molecule has 0 radical (unpaired) electrons. The lowest BCUT2D eigenvalue weighted by Crippen LogP contribution is -2.41.